The van der Waals surface area contributed by atoms with E-state index in [1.165, 1.54) is 4.68 Å². The highest BCUT2D eigenvalue weighted by molar-refractivity contribution is 5.86. The second kappa shape index (κ2) is 14.0. The molecule has 1 heterocycles. The van der Waals surface area contributed by atoms with Crippen molar-refractivity contribution in [1.29, 1.82) is 0 Å². The summed E-state index contributed by atoms with van der Waals surface area (Å²) < 4.78 is 25.1. The van der Waals surface area contributed by atoms with Gasteiger partial charge < -0.3 is 18.9 Å². The summed E-state index contributed by atoms with van der Waals surface area (Å²) in [6.45, 7) is 9.07. The van der Waals surface area contributed by atoms with Gasteiger partial charge in [-0.25, -0.2) is 4.98 Å². The van der Waals surface area contributed by atoms with E-state index in [1.807, 2.05) is 74.5 Å². The maximum atomic E-state index is 14.0. The van der Waals surface area contributed by atoms with Crippen LogP contribution in [0, 0.1) is 6.92 Å². The van der Waals surface area contributed by atoms with Crippen LogP contribution >= 0.6 is 0 Å². The second-order valence-corrected chi connectivity index (χ2v) is 11.8. The van der Waals surface area contributed by atoms with Gasteiger partial charge in [0.25, 0.3) is 5.56 Å². The molecular weight excluding hydrogens is 602 g/mol. The predicted molar refractivity (Wildman–Crippen MR) is 192 cm³/mol. The number of benzene rings is 5. The van der Waals surface area contributed by atoms with Crippen molar-refractivity contribution in [2.75, 3.05) is 20.8 Å². The fourth-order valence-electron chi connectivity index (χ4n) is 5.89. The first-order valence-electron chi connectivity index (χ1n) is 16.0. The van der Waals surface area contributed by atoms with Gasteiger partial charge in [0.05, 0.1) is 37.9 Å². The molecule has 8 nitrogen and oxygen atoms in total. The Labute approximate surface area is 280 Å². The number of hydrogen-bond acceptors (Lipinski definition) is 7. The van der Waals surface area contributed by atoms with Crippen molar-refractivity contribution in [1.82, 2.24) is 9.66 Å². The van der Waals surface area contributed by atoms with E-state index in [-0.39, 0.29) is 11.5 Å². The fraction of sp³-hybridized carbons (Fsp3) is 0.225. The Bertz CT molecular complexity index is 2170. The molecule has 48 heavy (non-hydrogen) atoms. The van der Waals surface area contributed by atoms with Gasteiger partial charge in [-0.05, 0) is 83.6 Å². The molecule has 0 N–H and O–H groups in total. The molecule has 0 fully saturated rings. The molecule has 0 aliphatic heterocycles. The summed E-state index contributed by atoms with van der Waals surface area (Å²) in [6, 6.07) is 29.3. The zero-order chi connectivity index (χ0) is 33.8. The molecule has 6 rings (SSSR count). The number of para-hydroxylation sites is 1. The molecule has 244 valence electrons. The van der Waals surface area contributed by atoms with Gasteiger partial charge in [-0.3, -0.25) is 4.79 Å². The third-order valence-electron chi connectivity index (χ3n) is 8.33. The Balaban J connectivity index is 1.42. The minimum absolute atomic E-state index is 0.191. The summed E-state index contributed by atoms with van der Waals surface area (Å²) in [5.74, 6) is 2.88. The molecule has 0 amide bonds. The van der Waals surface area contributed by atoms with E-state index in [0.717, 1.165) is 38.8 Å². The lowest BCUT2D eigenvalue weighted by molar-refractivity contribution is 0.267. The van der Waals surface area contributed by atoms with Crippen molar-refractivity contribution in [2.24, 2.45) is 5.10 Å². The highest BCUT2D eigenvalue weighted by Crippen LogP contribution is 2.39. The van der Waals surface area contributed by atoms with Crippen LogP contribution in [0.5, 0.6) is 23.0 Å². The first-order chi connectivity index (χ1) is 23.3. The van der Waals surface area contributed by atoms with Crippen LogP contribution < -0.4 is 24.5 Å². The maximum Gasteiger partial charge on any atom is 0.282 e. The van der Waals surface area contributed by atoms with Crippen molar-refractivity contribution >= 4 is 27.9 Å². The Morgan fingerprint density at radius 3 is 2.23 bits per heavy atom. The second-order valence-electron chi connectivity index (χ2n) is 11.8. The van der Waals surface area contributed by atoms with Crippen LogP contribution in [0.4, 0.5) is 0 Å². The molecule has 6 aromatic rings. The van der Waals surface area contributed by atoms with Gasteiger partial charge >= 0.3 is 0 Å². The normalized spacial score (nSPS) is 11.5. The number of aryl methyl sites for hydroxylation is 1. The SMILES string of the molecule is CCOc1cc(C)c(-c2nc3ccccc3c(=O)n2N=Cc2cc(OC)c(OCc3cccc4ccccc34)c(OC)c2)cc1C(C)C. The van der Waals surface area contributed by atoms with E-state index >= 15 is 0 Å². The highest BCUT2D eigenvalue weighted by Gasteiger charge is 2.19. The third kappa shape index (κ3) is 6.34. The summed E-state index contributed by atoms with van der Waals surface area (Å²) in [5, 5.41) is 7.45. The lowest BCUT2D eigenvalue weighted by Gasteiger charge is -2.18. The highest BCUT2D eigenvalue weighted by atomic mass is 16.5. The third-order valence-corrected chi connectivity index (χ3v) is 8.33. The van der Waals surface area contributed by atoms with Gasteiger partial charge in [0.2, 0.25) is 5.75 Å². The van der Waals surface area contributed by atoms with Crippen molar-refractivity contribution in [3.05, 3.63) is 124 Å². The largest absolute Gasteiger partial charge is 0.494 e. The quantitative estimate of drug-likeness (QED) is 0.132. The molecule has 1 aromatic heterocycles. The van der Waals surface area contributed by atoms with E-state index in [0.29, 0.717) is 52.8 Å². The van der Waals surface area contributed by atoms with Crippen molar-refractivity contribution in [3.63, 3.8) is 0 Å². The smallest absolute Gasteiger partial charge is 0.282 e. The minimum Gasteiger partial charge on any atom is -0.494 e. The van der Waals surface area contributed by atoms with E-state index < -0.39 is 0 Å². The lowest BCUT2D eigenvalue weighted by atomic mass is 9.96. The average molecular weight is 642 g/mol. The van der Waals surface area contributed by atoms with E-state index in [9.17, 15) is 4.79 Å². The summed E-state index contributed by atoms with van der Waals surface area (Å²) >= 11 is 0. The molecule has 0 unspecified atom stereocenters. The zero-order valence-corrected chi connectivity index (χ0v) is 28.1. The van der Waals surface area contributed by atoms with E-state index in [2.05, 4.69) is 38.1 Å². The number of aromatic nitrogens is 2. The Hall–Kier alpha value is -5.63. The maximum absolute atomic E-state index is 14.0. The van der Waals surface area contributed by atoms with Crippen LogP contribution in [0.3, 0.4) is 0 Å². The molecule has 5 aromatic carbocycles. The monoisotopic (exact) mass is 641 g/mol. The number of ether oxygens (including phenoxy) is 4. The number of hydrogen-bond donors (Lipinski definition) is 0. The number of fused-ring (bicyclic) bond motifs is 2. The average Bonchev–Trinajstić information content (AvgIpc) is 3.10. The van der Waals surface area contributed by atoms with Crippen LogP contribution in [0.25, 0.3) is 33.1 Å². The van der Waals surface area contributed by atoms with E-state index in [1.54, 1.807) is 26.5 Å². The lowest BCUT2D eigenvalue weighted by Crippen LogP contribution is -2.21. The van der Waals surface area contributed by atoms with Crippen LogP contribution in [0.15, 0.2) is 101 Å². The summed E-state index contributed by atoms with van der Waals surface area (Å²) in [7, 11) is 3.16. The number of methoxy groups -OCH3 is 2. The summed E-state index contributed by atoms with van der Waals surface area (Å²) in [5.41, 5.74) is 4.77. The molecule has 0 bridgehead atoms. The molecule has 0 aliphatic carbocycles. The molecule has 0 saturated heterocycles. The fourth-order valence-corrected chi connectivity index (χ4v) is 5.89. The standard InChI is InChI=1S/C40H39N3O5/c1-7-47-35-19-26(4)33(22-32(35)25(2)3)39-42-34-18-11-10-17-31(34)40(44)43(39)41-23-27-20-36(45-5)38(37(21-27)46-6)48-24-29-15-12-14-28-13-8-9-16-30(28)29/h8-23,25H,7,24H2,1-6H3. The van der Waals surface area contributed by atoms with E-state index in [4.69, 9.17) is 29.0 Å². The van der Waals surface area contributed by atoms with Crippen molar-refractivity contribution < 1.29 is 18.9 Å². The van der Waals surface area contributed by atoms with Crippen LogP contribution in [-0.2, 0) is 6.61 Å². The Morgan fingerprint density at radius 1 is 0.833 bits per heavy atom. The number of nitrogens with zero attached hydrogens (tertiary/aromatic N) is 3. The summed E-state index contributed by atoms with van der Waals surface area (Å²) in [6.07, 6.45) is 1.61. The van der Waals surface area contributed by atoms with Crippen LogP contribution in [0.2, 0.25) is 0 Å². The first kappa shape index (κ1) is 32.3. The van der Waals surface area contributed by atoms with Crippen molar-refractivity contribution in [2.45, 2.75) is 40.2 Å². The van der Waals surface area contributed by atoms with Crippen LogP contribution in [-0.4, -0.2) is 36.7 Å². The zero-order valence-electron chi connectivity index (χ0n) is 28.1. The van der Waals surface area contributed by atoms with Crippen LogP contribution in [0.1, 0.15) is 48.9 Å². The van der Waals surface area contributed by atoms with Gasteiger partial charge in [-0.15, -0.1) is 0 Å². The molecule has 8 heteroatoms. The Kier molecular flexibility index (Phi) is 9.43. The topological polar surface area (TPSA) is 84.2 Å². The first-order valence-corrected chi connectivity index (χ1v) is 16.0. The van der Waals surface area contributed by atoms with Gasteiger partial charge in [-0.1, -0.05) is 68.4 Å². The van der Waals surface area contributed by atoms with Gasteiger partial charge in [0, 0.05) is 11.1 Å². The predicted octanol–water partition coefficient (Wildman–Crippen LogP) is 8.53. The van der Waals surface area contributed by atoms with Gasteiger partial charge in [-0.2, -0.15) is 9.78 Å². The number of rotatable bonds is 11. The van der Waals surface area contributed by atoms with Crippen molar-refractivity contribution in [3.8, 4) is 34.4 Å². The molecule has 0 aliphatic rings. The minimum atomic E-state index is -0.278. The summed E-state index contributed by atoms with van der Waals surface area (Å²) in [4.78, 5) is 18.9. The molecule has 0 spiro atoms. The molecule has 0 atom stereocenters. The Morgan fingerprint density at radius 2 is 1.52 bits per heavy atom. The van der Waals surface area contributed by atoms with Gasteiger partial charge in [0.15, 0.2) is 17.3 Å². The molecular formula is C40H39N3O5. The molecule has 0 radical (unpaired) electrons. The van der Waals surface area contributed by atoms with Gasteiger partial charge in [0.1, 0.15) is 12.4 Å². The molecule has 0 saturated carbocycles.